The second-order valence-corrected chi connectivity index (χ2v) is 11.5. The Balaban J connectivity index is 1.53. The third-order valence-corrected chi connectivity index (χ3v) is 9.26. The number of anilines is 1. The molecule has 1 fully saturated rings. The Morgan fingerprint density at radius 2 is 2.00 bits per heavy atom. The van der Waals surface area contributed by atoms with E-state index in [2.05, 4.69) is 6.07 Å². The monoisotopic (exact) mass is 513 g/mol. The van der Waals surface area contributed by atoms with Crippen molar-refractivity contribution in [2.75, 3.05) is 11.4 Å². The number of amides is 1. The van der Waals surface area contributed by atoms with E-state index < -0.39 is 21.9 Å². The molecule has 5 rings (SSSR count). The van der Waals surface area contributed by atoms with Crippen molar-refractivity contribution in [1.82, 2.24) is 9.29 Å². The highest BCUT2D eigenvalue weighted by molar-refractivity contribution is 7.89. The average molecular weight is 514 g/mol. The van der Waals surface area contributed by atoms with E-state index in [-0.39, 0.29) is 23.9 Å². The van der Waals surface area contributed by atoms with Gasteiger partial charge in [-0.1, -0.05) is 17.4 Å². The average Bonchev–Trinajstić information content (AvgIpc) is 3.57. The number of hydrogen-bond donors (Lipinski definition) is 0. The first kappa shape index (κ1) is 23.7. The summed E-state index contributed by atoms with van der Waals surface area (Å²) in [6.45, 7) is 4.34. The van der Waals surface area contributed by atoms with Crippen LogP contribution in [-0.2, 0) is 21.4 Å². The third kappa shape index (κ3) is 4.49. The summed E-state index contributed by atoms with van der Waals surface area (Å²) in [4.78, 5) is 20.1. The lowest BCUT2D eigenvalue weighted by Gasteiger charge is -2.28. The number of carbonyl (C=O) groups excluding carboxylic acids is 1. The standard InChI is InChI=1S/C25H24FN3O4S2/c1-16-13-17(2)23-21(14-16)27-25(34-23)28(15-19-5-4-12-33-19)24(30)22-6-3-11-29(22)35(31,32)20-9-7-18(26)8-10-20/h4-5,7-10,12-14,22H,3,6,11,15H2,1-2H3. The molecule has 1 atom stereocenters. The molecule has 0 saturated carbocycles. The summed E-state index contributed by atoms with van der Waals surface area (Å²) < 4.78 is 47.8. The molecule has 0 aliphatic carbocycles. The fourth-order valence-corrected chi connectivity index (χ4v) is 7.15. The van der Waals surface area contributed by atoms with Crippen molar-refractivity contribution in [3.05, 3.63) is 77.5 Å². The van der Waals surface area contributed by atoms with Crippen LogP contribution in [-0.4, -0.2) is 36.2 Å². The minimum absolute atomic E-state index is 0.0396. The van der Waals surface area contributed by atoms with E-state index >= 15 is 0 Å². The summed E-state index contributed by atoms with van der Waals surface area (Å²) in [5.41, 5.74) is 2.93. The zero-order valence-electron chi connectivity index (χ0n) is 19.3. The van der Waals surface area contributed by atoms with Gasteiger partial charge >= 0.3 is 0 Å². The summed E-state index contributed by atoms with van der Waals surface area (Å²) in [7, 11) is -3.99. The van der Waals surface area contributed by atoms with Crippen molar-refractivity contribution >= 4 is 42.6 Å². The number of nitrogens with zero attached hydrogens (tertiary/aromatic N) is 3. The topological polar surface area (TPSA) is 83.7 Å². The number of sulfonamides is 1. The van der Waals surface area contributed by atoms with Gasteiger partial charge in [-0.2, -0.15) is 4.31 Å². The number of rotatable bonds is 6. The fourth-order valence-electron chi connectivity index (χ4n) is 4.48. The summed E-state index contributed by atoms with van der Waals surface area (Å²) in [5.74, 6) is -0.321. The molecule has 1 amide bonds. The molecule has 1 unspecified atom stereocenters. The Kier molecular flexibility index (Phi) is 6.20. The molecule has 0 bridgehead atoms. The molecule has 182 valence electrons. The quantitative estimate of drug-likeness (QED) is 0.361. The van der Waals surface area contributed by atoms with Crippen LogP contribution in [0, 0.1) is 19.7 Å². The van der Waals surface area contributed by atoms with E-state index in [1.807, 2.05) is 19.9 Å². The van der Waals surface area contributed by atoms with Gasteiger partial charge in [-0.15, -0.1) is 0 Å². The third-order valence-electron chi connectivity index (χ3n) is 6.11. The Hall–Kier alpha value is -3.08. The highest BCUT2D eigenvalue weighted by Crippen LogP contribution is 2.35. The molecule has 1 aliphatic rings. The number of aromatic nitrogens is 1. The lowest BCUT2D eigenvalue weighted by Crippen LogP contribution is -2.47. The van der Waals surface area contributed by atoms with Crippen LogP contribution in [0.25, 0.3) is 10.2 Å². The summed E-state index contributed by atoms with van der Waals surface area (Å²) in [6.07, 6.45) is 2.46. The van der Waals surface area contributed by atoms with E-state index in [0.717, 1.165) is 33.5 Å². The molecule has 10 heteroatoms. The largest absolute Gasteiger partial charge is 0.467 e. The molecule has 1 aliphatic heterocycles. The Labute approximate surface area is 206 Å². The molecular formula is C25H24FN3O4S2. The predicted octanol–water partition coefficient (Wildman–Crippen LogP) is 5.03. The van der Waals surface area contributed by atoms with E-state index in [0.29, 0.717) is 23.7 Å². The van der Waals surface area contributed by atoms with Crippen molar-refractivity contribution < 1.29 is 22.0 Å². The van der Waals surface area contributed by atoms with Crippen molar-refractivity contribution in [2.45, 2.75) is 44.2 Å². The van der Waals surface area contributed by atoms with Gasteiger partial charge in [-0.05, 0) is 80.3 Å². The molecule has 4 aromatic rings. The minimum Gasteiger partial charge on any atom is -0.467 e. The van der Waals surface area contributed by atoms with E-state index in [1.165, 1.54) is 38.9 Å². The van der Waals surface area contributed by atoms with Crippen molar-refractivity contribution in [1.29, 1.82) is 0 Å². The maximum Gasteiger partial charge on any atom is 0.247 e. The highest BCUT2D eigenvalue weighted by atomic mass is 32.2. The molecule has 3 heterocycles. The van der Waals surface area contributed by atoms with Crippen LogP contribution < -0.4 is 4.90 Å². The molecular weight excluding hydrogens is 489 g/mol. The lowest BCUT2D eigenvalue weighted by atomic mass is 10.1. The van der Waals surface area contributed by atoms with Crippen LogP contribution in [0.1, 0.15) is 29.7 Å². The fraction of sp³-hybridized carbons (Fsp3) is 0.280. The van der Waals surface area contributed by atoms with Crippen LogP contribution in [0.5, 0.6) is 0 Å². The number of aryl methyl sites for hydroxylation is 2. The Bertz CT molecular complexity index is 1480. The van der Waals surface area contributed by atoms with Crippen molar-refractivity contribution in [3.63, 3.8) is 0 Å². The van der Waals surface area contributed by atoms with Gasteiger partial charge < -0.3 is 4.42 Å². The number of thiazole rings is 1. The van der Waals surface area contributed by atoms with Gasteiger partial charge in [0.2, 0.25) is 15.9 Å². The number of furan rings is 1. The molecule has 35 heavy (non-hydrogen) atoms. The second-order valence-electron chi connectivity index (χ2n) is 8.66. The second kappa shape index (κ2) is 9.18. The molecule has 2 aromatic heterocycles. The molecule has 0 N–H and O–H groups in total. The highest BCUT2D eigenvalue weighted by Gasteiger charge is 2.42. The molecule has 7 nitrogen and oxygen atoms in total. The van der Waals surface area contributed by atoms with Crippen LogP contribution in [0.4, 0.5) is 9.52 Å². The summed E-state index contributed by atoms with van der Waals surface area (Å²) in [5, 5.41) is 0.487. The molecule has 0 radical (unpaired) electrons. The number of hydrogen-bond acceptors (Lipinski definition) is 6. The Morgan fingerprint density at radius 1 is 1.23 bits per heavy atom. The number of halogens is 1. The summed E-state index contributed by atoms with van der Waals surface area (Å²) >= 11 is 1.40. The SMILES string of the molecule is Cc1cc(C)c2sc(N(Cc3ccco3)C(=O)C3CCCN3S(=O)(=O)c3ccc(F)cc3)nc2c1. The van der Waals surface area contributed by atoms with Crippen molar-refractivity contribution in [2.24, 2.45) is 0 Å². The van der Waals surface area contributed by atoms with Gasteiger partial charge in [0.1, 0.15) is 17.6 Å². The normalized spacial score (nSPS) is 16.7. The number of fused-ring (bicyclic) bond motifs is 1. The van der Waals surface area contributed by atoms with Crippen LogP contribution in [0.2, 0.25) is 0 Å². The zero-order valence-corrected chi connectivity index (χ0v) is 20.9. The lowest BCUT2D eigenvalue weighted by molar-refractivity contribution is -0.121. The van der Waals surface area contributed by atoms with E-state index in [4.69, 9.17) is 9.40 Å². The van der Waals surface area contributed by atoms with Gasteiger partial charge in [0.15, 0.2) is 5.13 Å². The number of carbonyl (C=O) groups is 1. The number of benzene rings is 2. The maximum absolute atomic E-state index is 13.9. The van der Waals surface area contributed by atoms with Gasteiger partial charge in [-0.25, -0.2) is 17.8 Å². The van der Waals surface area contributed by atoms with Crippen LogP contribution >= 0.6 is 11.3 Å². The first-order valence-corrected chi connectivity index (χ1v) is 13.5. The van der Waals surface area contributed by atoms with Gasteiger partial charge in [0, 0.05) is 6.54 Å². The van der Waals surface area contributed by atoms with Gasteiger partial charge in [0.25, 0.3) is 0 Å². The molecule has 1 saturated heterocycles. The first-order valence-electron chi connectivity index (χ1n) is 11.2. The molecule has 2 aromatic carbocycles. The van der Waals surface area contributed by atoms with Crippen molar-refractivity contribution in [3.8, 4) is 0 Å². The smallest absolute Gasteiger partial charge is 0.247 e. The van der Waals surface area contributed by atoms with E-state index in [1.54, 1.807) is 12.1 Å². The van der Waals surface area contributed by atoms with Gasteiger partial charge in [-0.3, -0.25) is 9.69 Å². The summed E-state index contributed by atoms with van der Waals surface area (Å²) in [6, 6.07) is 11.3. The molecule has 0 spiro atoms. The zero-order chi connectivity index (χ0) is 24.7. The first-order chi connectivity index (χ1) is 16.7. The van der Waals surface area contributed by atoms with Crippen LogP contribution in [0.3, 0.4) is 0 Å². The van der Waals surface area contributed by atoms with E-state index in [9.17, 15) is 17.6 Å². The minimum atomic E-state index is -3.99. The maximum atomic E-state index is 13.9. The Morgan fingerprint density at radius 3 is 2.71 bits per heavy atom. The predicted molar refractivity (Wildman–Crippen MR) is 132 cm³/mol. The van der Waals surface area contributed by atoms with Gasteiger partial charge in [0.05, 0.1) is 27.9 Å². The van der Waals surface area contributed by atoms with Crippen LogP contribution in [0.15, 0.2) is 64.1 Å².